The van der Waals surface area contributed by atoms with Gasteiger partial charge in [0.1, 0.15) is 19.3 Å². The minimum atomic E-state index is -0.748. The number of hydrogen-bond donors (Lipinski definition) is 1. The molecular weight excluding hydrogens is 232 g/mol. The molecule has 0 saturated carbocycles. The lowest BCUT2D eigenvalue weighted by molar-refractivity contribution is 0.169. The van der Waals surface area contributed by atoms with Gasteiger partial charge in [-0.1, -0.05) is 6.07 Å². The van der Waals surface area contributed by atoms with E-state index in [0.29, 0.717) is 24.7 Å². The molecule has 1 aliphatic heterocycles. The molecule has 0 bridgehead atoms. The Hall–Kier alpha value is -2.01. The van der Waals surface area contributed by atoms with E-state index in [1.165, 1.54) is 0 Å². The van der Waals surface area contributed by atoms with Crippen LogP contribution in [0.1, 0.15) is 17.4 Å². The zero-order valence-electron chi connectivity index (χ0n) is 10.0. The van der Waals surface area contributed by atoms with Crippen LogP contribution in [0.25, 0.3) is 0 Å². The smallest absolute Gasteiger partial charge is 0.161 e. The molecule has 1 aromatic heterocycles. The maximum Gasteiger partial charge on any atom is 0.161 e. The fourth-order valence-corrected chi connectivity index (χ4v) is 1.98. The quantitative estimate of drug-likeness (QED) is 0.867. The number of fused-ring (bicyclic) bond motifs is 1. The molecule has 1 aromatic carbocycles. The predicted molar refractivity (Wildman–Crippen MR) is 64.7 cm³/mol. The number of ether oxygens (including phenoxy) is 2. The molecule has 2 heterocycles. The number of nitrogens with zero attached hydrogens (tertiary/aromatic N) is 2. The van der Waals surface area contributed by atoms with Crippen molar-refractivity contribution in [2.75, 3.05) is 13.2 Å². The van der Waals surface area contributed by atoms with Crippen molar-refractivity contribution in [3.8, 4) is 11.5 Å². The van der Waals surface area contributed by atoms with Crippen LogP contribution < -0.4 is 9.47 Å². The zero-order chi connectivity index (χ0) is 12.5. The van der Waals surface area contributed by atoms with Crippen LogP contribution in [0, 0.1) is 0 Å². The molecule has 0 saturated heterocycles. The molecule has 1 N–H and O–H groups in total. The summed E-state index contributed by atoms with van der Waals surface area (Å²) in [4.78, 5) is 0. The first kappa shape index (κ1) is 11.1. The number of aliphatic hydroxyl groups excluding tert-OH is 1. The van der Waals surface area contributed by atoms with Crippen molar-refractivity contribution in [2.24, 2.45) is 7.05 Å². The Morgan fingerprint density at radius 2 is 2.00 bits per heavy atom. The maximum absolute atomic E-state index is 10.2. The largest absolute Gasteiger partial charge is 0.486 e. The summed E-state index contributed by atoms with van der Waals surface area (Å²) in [7, 11) is 1.82. The van der Waals surface area contributed by atoms with Gasteiger partial charge in [0.25, 0.3) is 0 Å². The predicted octanol–water partition coefficient (Wildman–Crippen LogP) is 1.27. The van der Waals surface area contributed by atoms with Crippen LogP contribution >= 0.6 is 0 Å². The lowest BCUT2D eigenvalue weighted by atomic mass is 10.1. The Bertz CT molecular complexity index is 565. The van der Waals surface area contributed by atoms with E-state index >= 15 is 0 Å². The molecule has 0 aliphatic carbocycles. The van der Waals surface area contributed by atoms with Crippen LogP contribution in [-0.4, -0.2) is 28.1 Å². The average molecular weight is 246 g/mol. The van der Waals surface area contributed by atoms with Crippen LogP contribution in [-0.2, 0) is 7.05 Å². The summed E-state index contributed by atoms with van der Waals surface area (Å²) in [5.41, 5.74) is 1.37. The van der Waals surface area contributed by atoms with Crippen LogP contribution in [0.5, 0.6) is 11.5 Å². The highest BCUT2D eigenvalue weighted by molar-refractivity contribution is 5.45. The number of benzene rings is 1. The standard InChI is InChI=1S/C13H14N2O3/c1-15-5-4-10(14-15)13(16)9-2-3-11-12(8-9)18-7-6-17-11/h2-5,8,13,16H,6-7H2,1H3. The second-order valence-electron chi connectivity index (χ2n) is 4.22. The average Bonchev–Trinajstić information content (AvgIpc) is 2.84. The van der Waals surface area contributed by atoms with Gasteiger partial charge in [-0.25, -0.2) is 0 Å². The third kappa shape index (κ3) is 1.93. The molecule has 0 spiro atoms. The molecule has 1 unspecified atom stereocenters. The Morgan fingerprint density at radius 1 is 1.22 bits per heavy atom. The van der Waals surface area contributed by atoms with Crippen molar-refractivity contribution in [1.29, 1.82) is 0 Å². The van der Waals surface area contributed by atoms with E-state index in [4.69, 9.17) is 9.47 Å². The molecule has 18 heavy (non-hydrogen) atoms. The first-order valence-electron chi connectivity index (χ1n) is 5.81. The van der Waals surface area contributed by atoms with E-state index in [1.807, 2.05) is 19.2 Å². The van der Waals surface area contributed by atoms with Gasteiger partial charge in [0, 0.05) is 13.2 Å². The Labute approximate surface area is 105 Å². The van der Waals surface area contributed by atoms with Crippen LogP contribution in [0.2, 0.25) is 0 Å². The van der Waals surface area contributed by atoms with E-state index in [1.54, 1.807) is 23.0 Å². The third-order valence-corrected chi connectivity index (χ3v) is 2.90. The normalized spacial score (nSPS) is 15.4. The number of aromatic nitrogens is 2. The minimum absolute atomic E-state index is 0.538. The second kappa shape index (κ2) is 4.34. The van der Waals surface area contributed by atoms with Gasteiger partial charge in [-0.3, -0.25) is 4.68 Å². The molecular formula is C13H14N2O3. The van der Waals surface area contributed by atoms with Gasteiger partial charge >= 0.3 is 0 Å². The van der Waals surface area contributed by atoms with Crippen molar-refractivity contribution >= 4 is 0 Å². The van der Waals surface area contributed by atoms with Crippen LogP contribution in [0.4, 0.5) is 0 Å². The van der Waals surface area contributed by atoms with Crippen LogP contribution in [0.3, 0.4) is 0 Å². The van der Waals surface area contributed by atoms with E-state index in [9.17, 15) is 5.11 Å². The summed E-state index contributed by atoms with van der Waals surface area (Å²) in [6.45, 7) is 1.10. The highest BCUT2D eigenvalue weighted by atomic mass is 16.6. The molecule has 0 radical (unpaired) electrons. The lowest BCUT2D eigenvalue weighted by Gasteiger charge is -2.19. The fourth-order valence-electron chi connectivity index (χ4n) is 1.98. The molecule has 1 atom stereocenters. The van der Waals surface area contributed by atoms with Crippen LogP contribution in [0.15, 0.2) is 30.5 Å². The lowest BCUT2D eigenvalue weighted by Crippen LogP contribution is -2.15. The summed E-state index contributed by atoms with van der Waals surface area (Å²) in [6, 6.07) is 7.23. The second-order valence-corrected chi connectivity index (χ2v) is 4.22. The summed E-state index contributed by atoms with van der Waals surface area (Å²) in [5, 5.41) is 14.4. The number of hydrogen-bond acceptors (Lipinski definition) is 4. The highest BCUT2D eigenvalue weighted by Crippen LogP contribution is 2.33. The molecule has 5 nitrogen and oxygen atoms in total. The molecule has 2 aromatic rings. The number of aryl methyl sites for hydroxylation is 1. The first-order valence-corrected chi connectivity index (χ1v) is 5.81. The van der Waals surface area contributed by atoms with Crippen molar-refractivity contribution in [3.05, 3.63) is 41.7 Å². The van der Waals surface area contributed by atoms with Gasteiger partial charge in [0.05, 0.1) is 5.69 Å². The zero-order valence-corrected chi connectivity index (χ0v) is 10.0. The summed E-state index contributed by atoms with van der Waals surface area (Å²) in [5.74, 6) is 1.40. The van der Waals surface area contributed by atoms with E-state index < -0.39 is 6.10 Å². The van der Waals surface area contributed by atoms with Crippen molar-refractivity contribution < 1.29 is 14.6 Å². The van der Waals surface area contributed by atoms with Gasteiger partial charge in [-0.15, -0.1) is 0 Å². The topological polar surface area (TPSA) is 56.5 Å². The molecule has 0 amide bonds. The summed E-state index contributed by atoms with van der Waals surface area (Å²) >= 11 is 0. The van der Waals surface area contributed by atoms with Gasteiger partial charge in [0.2, 0.25) is 0 Å². The van der Waals surface area contributed by atoms with Crippen molar-refractivity contribution in [3.63, 3.8) is 0 Å². The Balaban J connectivity index is 1.92. The molecule has 3 rings (SSSR count). The molecule has 0 fully saturated rings. The molecule has 5 heteroatoms. The minimum Gasteiger partial charge on any atom is -0.486 e. The number of rotatable bonds is 2. The third-order valence-electron chi connectivity index (χ3n) is 2.90. The Kier molecular flexibility index (Phi) is 2.68. The SMILES string of the molecule is Cn1ccc(C(O)c2ccc3c(c2)OCCO3)n1. The van der Waals surface area contributed by atoms with E-state index in [-0.39, 0.29) is 0 Å². The molecule has 94 valence electrons. The first-order chi connectivity index (χ1) is 8.74. The van der Waals surface area contributed by atoms with Gasteiger partial charge in [-0.05, 0) is 23.8 Å². The van der Waals surface area contributed by atoms with Gasteiger partial charge < -0.3 is 14.6 Å². The number of aliphatic hydroxyl groups is 1. The maximum atomic E-state index is 10.2. The Morgan fingerprint density at radius 3 is 2.72 bits per heavy atom. The van der Waals surface area contributed by atoms with Crippen molar-refractivity contribution in [1.82, 2.24) is 9.78 Å². The summed E-state index contributed by atoms with van der Waals surface area (Å²) in [6.07, 6.45) is 1.05. The highest BCUT2D eigenvalue weighted by Gasteiger charge is 2.17. The van der Waals surface area contributed by atoms with Gasteiger partial charge in [-0.2, -0.15) is 5.10 Å². The monoisotopic (exact) mass is 246 g/mol. The fraction of sp³-hybridized carbons (Fsp3) is 0.308. The molecule has 1 aliphatic rings. The summed E-state index contributed by atoms with van der Waals surface area (Å²) < 4.78 is 12.6. The van der Waals surface area contributed by atoms with E-state index in [2.05, 4.69) is 5.10 Å². The van der Waals surface area contributed by atoms with Gasteiger partial charge in [0.15, 0.2) is 11.5 Å². The van der Waals surface area contributed by atoms with Crippen molar-refractivity contribution in [2.45, 2.75) is 6.10 Å². The van der Waals surface area contributed by atoms with E-state index in [0.717, 1.165) is 11.3 Å².